The Morgan fingerprint density at radius 1 is 1.24 bits per heavy atom. The predicted molar refractivity (Wildman–Crippen MR) is 86.6 cm³/mol. The lowest BCUT2D eigenvalue weighted by molar-refractivity contribution is -0.133. The predicted octanol–water partition coefficient (Wildman–Crippen LogP) is 3.80. The number of hydrogen-bond donors (Lipinski definition) is 0. The van der Waals surface area contributed by atoms with E-state index in [-0.39, 0.29) is 5.54 Å². The summed E-state index contributed by atoms with van der Waals surface area (Å²) in [5.74, 6) is 1.71. The molecule has 0 saturated heterocycles. The fourth-order valence-electron chi connectivity index (χ4n) is 4.17. The highest BCUT2D eigenvalue weighted by molar-refractivity contribution is 5.89. The van der Waals surface area contributed by atoms with Crippen molar-refractivity contribution >= 4 is 5.78 Å². The fourth-order valence-corrected chi connectivity index (χ4v) is 4.17. The summed E-state index contributed by atoms with van der Waals surface area (Å²) in [4.78, 5) is 15.2. The van der Waals surface area contributed by atoms with E-state index in [0.717, 1.165) is 31.6 Å². The van der Waals surface area contributed by atoms with Crippen LogP contribution in [0.5, 0.6) is 0 Å². The van der Waals surface area contributed by atoms with Crippen LogP contribution >= 0.6 is 0 Å². The van der Waals surface area contributed by atoms with Crippen LogP contribution in [0.2, 0.25) is 0 Å². The molecule has 0 aliphatic heterocycles. The van der Waals surface area contributed by atoms with Gasteiger partial charge in [0.05, 0.1) is 5.54 Å². The van der Waals surface area contributed by atoms with E-state index in [1.165, 1.54) is 24.0 Å². The second-order valence-corrected chi connectivity index (χ2v) is 7.34. The lowest BCUT2D eigenvalue weighted by Crippen LogP contribution is -2.53. The van der Waals surface area contributed by atoms with Gasteiger partial charge in [-0.3, -0.25) is 9.69 Å². The van der Waals surface area contributed by atoms with Gasteiger partial charge in [-0.15, -0.1) is 0 Å². The van der Waals surface area contributed by atoms with E-state index in [1.54, 1.807) is 0 Å². The molecule has 1 unspecified atom stereocenters. The fraction of sp³-hybridized carbons (Fsp3) is 0.632. The first-order valence-electron chi connectivity index (χ1n) is 8.31. The molecule has 114 valence electrons. The second-order valence-electron chi connectivity index (χ2n) is 7.34. The molecule has 2 aliphatic rings. The van der Waals surface area contributed by atoms with Gasteiger partial charge in [-0.1, -0.05) is 31.2 Å². The minimum atomic E-state index is -0.197. The third kappa shape index (κ3) is 2.55. The number of benzene rings is 1. The van der Waals surface area contributed by atoms with E-state index in [4.69, 9.17) is 0 Å². The van der Waals surface area contributed by atoms with Crippen LogP contribution in [0.3, 0.4) is 0 Å². The molecule has 0 spiro atoms. The molecule has 0 radical (unpaired) electrons. The Kier molecular flexibility index (Phi) is 3.92. The molecule has 2 aliphatic carbocycles. The molecule has 2 nitrogen and oxygen atoms in total. The summed E-state index contributed by atoms with van der Waals surface area (Å²) in [7, 11) is 4.17. The molecule has 0 amide bonds. The minimum absolute atomic E-state index is 0.197. The smallest absolute Gasteiger partial charge is 0.153 e. The quantitative estimate of drug-likeness (QED) is 0.838. The maximum absolute atomic E-state index is 13.0. The number of rotatable bonds is 4. The van der Waals surface area contributed by atoms with Crippen molar-refractivity contribution in [3.8, 4) is 0 Å². The summed E-state index contributed by atoms with van der Waals surface area (Å²) in [6.45, 7) is 2.31. The Bertz CT molecular complexity index is 526. The Balaban J connectivity index is 1.72. The van der Waals surface area contributed by atoms with Crippen LogP contribution in [0, 0.1) is 5.92 Å². The molecule has 1 saturated carbocycles. The first-order valence-corrected chi connectivity index (χ1v) is 8.31. The van der Waals surface area contributed by atoms with Crippen LogP contribution in [0.25, 0.3) is 0 Å². The van der Waals surface area contributed by atoms with E-state index < -0.39 is 0 Å². The van der Waals surface area contributed by atoms with Gasteiger partial charge in [0, 0.05) is 6.42 Å². The number of likely N-dealkylation sites (N-methyl/N-ethyl adjacent to an activating group) is 1. The molecule has 3 rings (SSSR count). The topological polar surface area (TPSA) is 20.3 Å². The zero-order valence-corrected chi connectivity index (χ0v) is 13.6. The summed E-state index contributed by atoms with van der Waals surface area (Å²) in [6.07, 6.45) is 6.25. The van der Waals surface area contributed by atoms with E-state index >= 15 is 0 Å². The normalized spacial score (nSPS) is 31.6. The molecule has 0 aromatic heterocycles. The van der Waals surface area contributed by atoms with Gasteiger partial charge in [0.2, 0.25) is 0 Å². The Labute approximate surface area is 128 Å². The van der Waals surface area contributed by atoms with Crippen molar-refractivity contribution in [2.45, 2.75) is 56.9 Å². The maximum Gasteiger partial charge on any atom is 0.153 e. The number of nitrogens with zero attached hydrogens (tertiary/aromatic N) is 1. The monoisotopic (exact) mass is 285 g/mol. The molecular formula is C19H27NO. The highest BCUT2D eigenvalue weighted by Gasteiger charge is 2.44. The SMILES string of the molecule is CC1CCC(C(=O)CC2Cc3ccccc32)(N(C)C)CC1. The van der Waals surface area contributed by atoms with Crippen molar-refractivity contribution in [3.63, 3.8) is 0 Å². The zero-order chi connectivity index (χ0) is 15.0. The Morgan fingerprint density at radius 2 is 1.90 bits per heavy atom. The van der Waals surface area contributed by atoms with Crippen LogP contribution in [0.15, 0.2) is 24.3 Å². The lowest BCUT2D eigenvalue weighted by Gasteiger charge is -2.44. The van der Waals surface area contributed by atoms with Gasteiger partial charge in [0.1, 0.15) is 0 Å². The van der Waals surface area contributed by atoms with Gasteiger partial charge in [0.15, 0.2) is 5.78 Å². The molecule has 0 heterocycles. The van der Waals surface area contributed by atoms with Crippen LogP contribution in [0.4, 0.5) is 0 Å². The lowest BCUT2D eigenvalue weighted by atomic mass is 9.68. The first kappa shape index (κ1) is 14.8. The highest BCUT2D eigenvalue weighted by atomic mass is 16.1. The standard InChI is InChI=1S/C19H27NO/c1-14-8-10-19(11-9-14,20(2)3)18(21)13-16-12-15-6-4-5-7-17(15)16/h4-7,14,16H,8-13H2,1-3H3. The van der Waals surface area contributed by atoms with Gasteiger partial charge in [0.25, 0.3) is 0 Å². The molecule has 2 heteroatoms. The van der Waals surface area contributed by atoms with Crippen molar-refractivity contribution in [3.05, 3.63) is 35.4 Å². The number of ketones is 1. The number of Topliss-reactive ketones (excluding diaryl/α,β-unsaturated/α-hetero) is 1. The third-order valence-electron chi connectivity index (χ3n) is 5.87. The van der Waals surface area contributed by atoms with E-state index in [9.17, 15) is 4.79 Å². The third-order valence-corrected chi connectivity index (χ3v) is 5.87. The average Bonchev–Trinajstić information content (AvgIpc) is 2.45. The number of carbonyl (C=O) groups excluding carboxylic acids is 1. The number of hydrogen-bond acceptors (Lipinski definition) is 2. The number of carbonyl (C=O) groups is 1. The highest BCUT2D eigenvalue weighted by Crippen LogP contribution is 2.42. The van der Waals surface area contributed by atoms with Crippen LogP contribution in [-0.2, 0) is 11.2 Å². The first-order chi connectivity index (χ1) is 10.0. The summed E-state index contributed by atoms with van der Waals surface area (Å²) in [6, 6.07) is 8.59. The molecule has 1 aromatic rings. The van der Waals surface area contributed by atoms with Crippen LogP contribution in [0.1, 0.15) is 56.1 Å². The summed E-state index contributed by atoms with van der Waals surface area (Å²) in [5, 5.41) is 0. The molecule has 1 atom stereocenters. The van der Waals surface area contributed by atoms with Crippen molar-refractivity contribution in [2.24, 2.45) is 5.92 Å². The van der Waals surface area contributed by atoms with E-state index in [1.807, 2.05) is 0 Å². The Morgan fingerprint density at radius 3 is 2.52 bits per heavy atom. The Hall–Kier alpha value is -1.15. The average molecular weight is 285 g/mol. The zero-order valence-electron chi connectivity index (χ0n) is 13.6. The molecule has 1 fully saturated rings. The minimum Gasteiger partial charge on any atom is -0.298 e. The summed E-state index contributed by atoms with van der Waals surface area (Å²) in [5.41, 5.74) is 2.65. The van der Waals surface area contributed by atoms with Gasteiger partial charge in [-0.05, 0) is 69.2 Å². The maximum atomic E-state index is 13.0. The number of fused-ring (bicyclic) bond motifs is 1. The van der Waals surface area contributed by atoms with Crippen molar-refractivity contribution in [2.75, 3.05) is 14.1 Å². The van der Waals surface area contributed by atoms with E-state index in [0.29, 0.717) is 11.7 Å². The van der Waals surface area contributed by atoms with E-state index in [2.05, 4.69) is 50.2 Å². The molecule has 0 bridgehead atoms. The molecule has 21 heavy (non-hydrogen) atoms. The molecule has 0 N–H and O–H groups in total. The van der Waals surface area contributed by atoms with Crippen molar-refractivity contribution < 1.29 is 4.79 Å². The van der Waals surface area contributed by atoms with Crippen molar-refractivity contribution in [1.29, 1.82) is 0 Å². The van der Waals surface area contributed by atoms with Gasteiger partial charge >= 0.3 is 0 Å². The second kappa shape index (κ2) is 5.57. The molecular weight excluding hydrogens is 258 g/mol. The summed E-state index contributed by atoms with van der Waals surface area (Å²) < 4.78 is 0. The van der Waals surface area contributed by atoms with Crippen molar-refractivity contribution in [1.82, 2.24) is 4.90 Å². The van der Waals surface area contributed by atoms with Gasteiger partial charge in [-0.25, -0.2) is 0 Å². The van der Waals surface area contributed by atoms with Crippen LogP contribution in [-0.4, -0.2) is 30.3 Å². The molecule has 1 aromatic carbocycles. The summed E-state index contributed by atoms with van der Waals surface area (Å²) >= 11 is 0. The largest absolute Gasteiger partial charge is 0.298 e. The van der Waals surface area contributed by atoms with Gasteiger partial charge < -0.3 is 0 Å². The van der Waals surface area contributed by atoms with Gasteiger partial charge in [-0.2, -0.15) is 0 Å². The van der Waals surface area contributed by atoms with Crippen LogP contribution < -0.4 is 0 Å².